The van der Waals surface area contributed by atoms with Crippen molar-refractivity contribution in [2.75, 3.05) is 0 Å². The van der Waals surface area contributed by atoms with Gasteiger partial charge in [0.05, 0.1) is 6.04 Å². The van der Waals surface area contributed by atoms with E-state index in [1.54, 1.807) is 0 Å². The predicted molar refractivity (Wildman–Crippen MR) is 55.7 cm³/mol. The third-order valence-electron chi connectivity index (χ3n) is 2.22. The molecule has 16 heavy (non-hydrogen) atoms. The van der Waals surface area contributed by atoms with Gasteiger partial charge in [-0.2, -0.15) is 0 Å². The molecule has 1 amide bonds. The van der Waals surface area contributed by atoms with Gasteiger partial charge in [-0.1, -0.05) is 6.07 Å². The van der Waals surface area contributed by atoms with Crippen LogP contribution in [0.3, 0.4) is 0 Å². The summed E-state index contributed by atoms with van der Waals surface area (Å²) in [5.74, 6) is -3.69. The average molecular weight is 229 g/mol. The van der Waals surface area contributed by atoms with E-state index >= 15 is 0 Å². The van der Waals surface area contributed by atoms with E-state index in [2.05, 4.69) is 5.32 Å². The number of rotatable bonds is 3. The van der Waals surface area contributed by atoms with E-state index in [4.69, 9.17) is 5.11 Å². The molecule has 1 rings (SSSR count). The molecule has 0 aliphatic heterocycles. The van der Waals surface area contributed by atoms with E-state index < -0.39 is 17.9 Å². The number of amides is 1. The minimum Gasteiger partial charge on any atom is -0.508 e. The lowest BCUT2D eigenvalue weighted by Crippen LogP contribution is -2.43. The van der Waals surface area contributed by atoms with Crippen LogP contribution in [0.4, 0.5) is 8.78 Å². The van der Waals surface area contributed by atoms with Crippen LogP contribution in [0.5, 0.6) is 5.75 Å². The molecule has 0 saturated heterocycles. The summed E-state index contributed by atoms with van der Waals surface area (Å²) in [6, 6.07) is 4.27. The van der Waals surface area contributed by atoms with Gasteiger partial charge in [0.2, 0.25) is 0 Å². The quantitative estimate of drug-likeness (QED) is 0.834. The molecule has 0 bridgehead atoms. The third-order valence-corrected chi connectivity index (χ3v) is 2.22. The fraction of sp³-hybridized carbons (Fsp3) is 0.364. The van der Waals surface area contributed by atoms with E-state index in [0.29, 0.717) is 0 Å². The van der Waals surface area contributed by atoms with Gasteiger partial charge in [0, 0.05) is 12.5 Å². The molecule has 1 aromatic carbocycles. The van der Waals surface area contributed by atoms with Crippen LogP contribution in [-0.4, -0.2) is 23.0 Å². The number of halogens is 2. The van der Waals surface area contributed by atoms with Crippen LogP contribution in [0.1, 0.15) is 24.2 Å². The SMILES string of the molecule is CC(NC(=O)c1cccc(O)c1)C(C)(F)F. The Balaban J connectivity index is 2.74. The van der Waals surface area contributed by atoms with Crippen LogP contribution in [0.2, 0.25) is 0 Å². The first-order valence-electron chi connectivity index (χ1n) is 4.78. The lowest BCUT2D eigenvalue weighted by atomic mass is 10.1. The van der Waals surface area contributed by atoms with E-state index in [0.717, 1.165) is 6.92 Å². The molecule has 0 aliphatic carbocycles. The van der Waals surface area contributed by atoms with Crippen molar-refractivity contribution < 1.29 is 18.7 Å². The molecular weight excluding hydrogens is 216 g/mol. The summed E-state index contributed by atoms with van der Waals surface area (Å²) in [4.78, 5) is 11.5. The summed E-state index contributed by atoms with van der Waals surface area (Å²) in [7, 11) is 0. The zero-order valence-corrected chi connectivity index (χ0v) is 9.00. The van der Waals surface area contributed by atoms with Gasteiger partial charge in [-0.15, -0.1) is 0 Å². The van der Waals surface area contributed by atoms with Gasteiger partial charge in [-0.3, -0.25) is 4.79 Å². The van der Waals surface area contributed by atoms with Gasteiger partial charge in [-0.25, -0.2) is 8.78 Å². The van der Waals surface area contributed by atoms with Gasteiger partial charge in [-0.05, 0) is 25.1 Å². The monoisotopic (exact) mass is 229 g/mol. The topological polar surface area (TPSA) is 49.3 Å². The molecule has 88 valence electrons. The molecule has 0 aliphatic rings. The number of hydrogen-bond acceptors (Lipinski definition) is 2. The Hall–Kier alpha value is -1.65. The first-order chi connectivity index (χ1) is 7.30. The van der Waals surface area contributed by atoms with Crippen molar-refractivity contribution in [3.05, 3.63) is 29.8 Å². The Kier molecular flexibility index (Phi) is 3.47. The van der Waals surface area contributed by atoms with Crippen molar-refractivity contribution in [1.82, 2.24) is 5.32 Å². The summed E-state index contributed by atoms with van der Waals surface area (Å²) >= 11 is 0. The largest absolute Gasteiger partial charge is 0.508 e. The van der Waals surface area contributed by atoms with Crippen LogP contribution in [-0.2, 0) is 0 Å². The zero-order valence-electron chi connectivity index (χ0n) is 9.00. The minimum absolute atomic E-state index is 0.0800. The lowest BCUT2D eigenvalue weighted by molar-refractivity contribution is -0.0108. The number of alkyl halides is 2. The number of aromatic hydroxyl groups is 1. The Morgan fingerprint density at radius 2 is 2.12 bits per heavy atom. The van der Waals surface area contributed by atoms with Crippen molar-refractivity contribution in [2.24, 2.45) is 0 Å². The maximum Gasteiger partial charge on any atom is 0.264 e. The zero-order chi connectivity index (χ0) is 12.3. The number of phenolic OH excluding ortho intramolecular Hbond substituents is 1. The summed E-state index contributed by atoms with van der Waals surface area (Å²) in [6.45, 7) is 1.96. The fourth-order valence-electron chi connectivity index (χ4n) is 1.05. The van der Waals surface area contributed by atoms with Crippen molar-refractivity contribution >= 4 is 5.91 Å². The van der Waals surface area contributed by atoms with E-state index in [1.807, 2.05) is 0 Å². The molecule has 0 spiro atoms. The average Bonchev–Trinajstić information content (AvgIpc) is 2.16. The highest BCUT2D eigenvalue weighted by atomic mass is 19.3. The number of carbonyl (C=O) groups is 1. The lowest BCUT2D eigenvalue weighted by Gasteiger charge is -2.20. The maximum atomic E-state index is 12.8. The predicted octanol–water partition coefficient (Wildman–Crippen LogP) is 2.17. The van der Waals surface area contributed by atoms with Crippen molar-refractivity contribution in [3.63, 3.8) is 0 Å². The summed E-state index contributed by atoms with van der Waals surface area (Å²) in [5.41, 5.74) is 0.149. The Morgan fingerprint density at radius 1 is 1.50 bits per heavy atom. The summed E-state index contributed by atoms with van der Waals surface area (Å²) in [5, 5.41) is 11.3. The first-order valence-corrected chi connectivity index (χ1v) is 4.78. The second kappa shape index (κ2) is 4.47. The number of carbonyl (C=O) groups excluding carboxylic acids is 1. The summed E-state index contributed by atoms with van der Waals surface area (Å²) < 4.78 is 25.6. The number of nitrogens with one attached hydrogen (secondary N) is 1. The molecule has 0 heterocycles. The van der Waals surface area contributed by atoms with Crippen LogP contribution in [0, 0.1) is 0 Å². The molecule has 0 aromatic heterocycles. The summed E-state index contributed by atoms with van der Waals surface area (Å²) in [6.07, 6.45) is 0. The molecule has 0 fully saturated rings. The molecule has 1 unspecified atom stereocenters. The van der Waals surface area contributed by atoms with Crippen LogP contribution >= 0.6 is 0 Å². The van der Waals surface area contributed by atoms with Crippen molar-refractivity contribution in [3.8, 4) is 5.75 Å². The van der Waals surface area contributed by atoms with Gasteiger partial charge in [0.25, 0.3) is 11.8 Å². The standard InChI is InChI=1S/C11H13F2NO2/c1-7(11(2,12)13)14-10(16)8-4-3-5-9(15)6-8/h3-7,15H,1-2H3,(H,14,16). The molecule has 3 nitrogen and oxygen atoms in total. The normalized spacial score (nSPS) is 13.2. The van der Waals surface area contributed by atoms with E-state index in [1.165, 1.54) is 31.2 Å². The molecule has 5 heteroatoms. The Morgan fingerprint density at radius 3 is 2.62 bits per heavy atom. The maximum absolute atomic E-state index is 12.8. The Bertz CT molecular complexity index is 388. The van der Waals surface area contributed by atoms with Gasteiger partial charge >= 0.3 is 0 Å². The minimum atomic E-state index is -2.98. The molecule has 0 saturated carbocycles. The molecule has 1 atom stereocenters. The Labute approximate surface area is 92.1 Å². The number of phenols is 1. The second-order valence-corrected chi connectivity index (χ2v) is 3.70. The number of hydrogen-bond donors (Lipinski definition) is 2. The van der Waals surface area contributed by atoms with Gasteiger partial charge < -0.3 is 10.4 Å². The van der Waals surface area contributed by atoms with E-state index in [-0.39, 0.29) is 11.3 Å². The molecular formula is C11H13F2NO2. The van der Waals surface area contributed by atoms with Gasteiger partial charge in [0.15, 0.2) is 0 Å². The molecule has 1 aromatic rings. The molecule has 2 N–H and O–H groups in total. The highest BCUT2D eigenvalue weighted by Crippen LogP contribution is 2.17. The second-order valence-electron chi connectivity index (χ2n) is 3.70. The number of benzene rings is 1. The smallest absolute Gasteiger partial charge is 0.264 e. The fourth-order valence-corrected chi connectivity index (χ4v) is 1.05. The van der Waals surface area contributed by atoms with E-state index in [9.17, 15) is 13.6 Å². The van der Waals surface area contributed by atoms with Crippen molar-refractivity contribution in [2.45, 2.75) is 25.8 Å². The third kappa shape index (κ3) is 3.18. The van der Waals surface area contributed by atoms with Crippen LogP contribution < -0.4 is 5.32 Å². The van der Waals surface area contributed by atoms with Crippen LogP contribution in [0.15, 0.2) is 24.3 Å². The van der Waals surface area contributed by atoms with Crippen LogP contribution in [0.25, 0.3) is 0 Å². The highest BCUT2D eigenvalue weighted by molar-refractivity contribution is 5.94. The van der Waals surface area contributed by atoms with Gasteiger partial charge in [0.1, 0.15) is 5.75 Å². The van der Waals surface area contributed by atoms with Crippen molar-refractivity contribution in [1.29, 1.82) is 0 Å². The first kappa shape index (κ1) is 12.4. The molecule has 0 radical (unpaired) electrons. The highest BCUT2D eigenvalue weighted by Gasteiger charge is 2.31.